The Morgan fingerprint density at radius 3 is 2.54 bits per heavy atom. The topological polar surface area (TPSA) is 41.1 Å². The largest absolute Gasteiger partial charge is 0.358 e. The van der Waals surface area contributed by atoms with E-state index in [0.29, 0.717) is 16.6 Å². The lowest BCUT2D eigenvalue weighted by molar-refractivity contribution is -0.115. The van der Waals surface area contributed by atoms with Gasteiger partial charge in [-0.2, -0.15) is 0 Å². The molecule has 0 bridgehead atoms. The van der Waals surface area contributed by atoms with Crippen molar-refractivity contribution in [1.82, 2.24) is 10.6 Å². The molecule has 0 fully saturated rings. The third-order valence-corrected chi connectivity index (χ3v) is 4.03. The van der Waals surface area contributed by atoms with Gasteiger partial charge in [-0.05, 0) is 48.5 Å². The molecule has 3 nitrogen and oxygen atoms in total. The molecule has 0 unspecified atom stereocenters. The normalized spacial score (nSPS) is 10.6. The number of carbonyl (C=O) groups is 1. The summed E-state index contributed by atoms with van der Waals surface area (Å²) in [5, 5.41) is 6.87. The van der Waals surface area contributed by atoms with Crippen molar-refractivity contribution in [1.29, 1.82) is 0 Å². The van der Waals surface area contributed by atoms with Gasteiger partial charge in [0.2, 0.25) is 5.91 Å². The van der Waals surface area contributed by atoms with Gasteiger partial charge in [0.25, 0.3) is 0 Å². The molecule has 2 aromatic carbocycles. The van der Waals surface area contributed by atoms with Gasteiger partial charge in [-0.1, -0.05) is 59.1 Å². The van der Waals surface area contributed by atoms with Crippen LogP contribution in [0.1, 0.15) is 16.7 Å². The quantitative estimate of drug-likeness (QED) is 0.607. The SMILES string of the molecule is Cc1ccc(/C=C/C(=O)NC(=S)NCc2ccc(Cl)cc2Cl)cc1. The van der Waals surface area contributed by atoms with E-state index in [9.17, 15) is 4.79 Å². The number of hydrogen-bond donors (Lipinski definition) is 2. The van der Waals surface area contributed by atoms with Crippen LogP contribution in [0, 0.1) is 6.92 Å². The van der Waals surface area contributed by atoms with Crippen LogP contribution >= 0.6 is 35.4 Å². The number of amides is 1. The number of hydrogen-bond acceptors (Lipinski definition) is 2. The second-order valence-corrected chi connectivity index (χ2v) is 6.40. The number of carbonyl (C=O) groups excluding carboxylic acids is 1. The van der Waals surface area contributed by atoms with Crippen molar-refractivity contribution in [3.8, 4) is 0 Å². The zero-order chi connectivity index (χ0) is 17.5. The first-order valence-electron chi connectivity index (χ1n) is 7.21. The molecule has 2 rings (SSSR count). The lowest BCUT2D eigenvalue weighted by Gasteiger charge is -2.09. The van der Waals surface area contributed by atoms with E-state index in [-0.39, 0.29) is 11.0 Å². The monoisotopic (exact) mass is 378 g/mol. The minimum atomic E-state index is -0.296. The van der Waals surface area contributed by atoms with E-state index in [0.717, 1.165) is 11.1 Å². The van der Waals surface area contributed by atoms with Crippen molar-refractivity contribution < 1.29 is 4.79 Å². The van der Waals surface area contributed by atoms with Crippen LogP contribution in [-0.2, 0) is 11.3 Å². The first-order valence-corrected chi connectivity index (χ1v) is 8.38. The van der Waals surface area contributed by atoms with Crippen molar-refractivity contribution in [2.24, 2.45) is 0 Å². The van der Waals surface area contributed by atoms with Crippen molar-refractivity contribution in [2.45, 2.75) is 13.5 Å². The second-order valence-electron chi connectivity index (χ2n) is 5.15. The molecular weight excluding hydrogens is 363 g/mol. The molecule has 0 aliphatic heterocycles. The molecule has 2 N–H and O–H groups in total. The lowest BCUT2D eigenvalue weighted by Crippen LogP contribution is -2.38. The maximum absolute atomic E-state index is 11.8. The Morgan fingerprint density at radius 2 is 1.88 bits per heavy atom. The second kappa shape index (κ2) is 8.83. The van der Waals surface area contributed by atoms with Gasteiger partial charge < -0.3 is 5.32 Å². The molecule has 1 amide bonds. The molecule has 2 aromatic rings. The third-order valence-electron chi connectivity index (χ3n) is 3.20. The lowest BCUT2D eigenvalue weighted by atomic mass is 10.1. The van der Waals surface area contributed by atoms with E-state index in [1.807, 2.05) is 31.2 Å². The highest BCUT2D eigenvalue weighted by Crippen LogP contribution is 2.20. The average molecular weight is 379 g/mol. The van der Waals surface area contributed by atoms with E-state index in [4.69, 9.17) is 35.4 Å². The van der Waals surface area contributed by atoms with E-state index in [1.54, 1.807) is 24.3 Å². The molecule has 0 atom stereocenters. The highest BCUT2D eigenvalue weighted by atomic mass is 35.5. The maximum atomic E-state index is 11.8. The molecule has 0 aliphatic rings. The van der Waals surface area contributed by atoms with E-state index in [1.165, 1.54) is 11.6 Å². The smallest absolute Gasteiger partial charge is 0.250 e. The van der Waals surface area contributed by atoms with Gasteiger partial charge in [0, 0.05) is 22.7 Å². The fourth-order valence-electron chi connectivity index (χ4n) is 1.89. The van der Waals surface area contributed by atoms with Gasteiger partial charge in [0.15, 0.2) is 5.11 Å². The molecule has 0 aromatic heterocycles. The minimum absolute atomic E-state index is 0.236. The van der Waals surface area contributed by atoms with Crippen molar-refractivity contribution in [3.63, 3.8) is 0 Å². The van der Waals surface area contributed by atoms with E-state index < -0.39 is 0 Å². The minimum Gasteiger partial charge on any atom is -0.358 e. The predicted molar refractivity (Wildman–Crippen MR) is 104 cm³/mol. The summed E-state index contributed by atoms with van der Waals surface area (Å²) in [6.07, 6.45) is 3.17. The van der Waals surface area contributed by atoms with Gasteiger partial charge in [-0.15, -0.1) is 0 Å². The third kappa shape index (κ3) is 5.96. The summed E-state index contributed by atoms with van der Waals surface area (Å²) in [6.45, 7) is 2.41. The summed E-state index contributed by atoms with van der Waals surface area (Å²) in [5.41, 5.74) is 2.96. The van der Waals surface area contributed by atoms with Gasteiger partial charge >= 0.3 is 0 Å². The van der Waals surface area contributed by atoms with Crippen LogP contribution in [0.3, 0.4) is 0 Å². The summed E-state index contributed by atoms with van der Waals surface area (Å²) < 4.78 is 0. The molecule has 0 saturated carbocycles. The van der Waals surface area contributed by atoms with Crippen molar-refractivity contribution in [2.75, 3.05) is 0 Å². The molecule has 6 heteroatoms. The summed E-state index contributed by atoms with van der Waals surface area (Å²) >= 11 is 17.0. The van der Waals surface area contributed by atoms with Gasteiger partial charge in [-0.25, -0.2) is 0 Å². The first-order chi connectivity index (χ1) is 11.4. The Morgan fingerprint density at radius 1 is 1.17 bits per heavy atom. The fraction of sp³-hybridized carbons (Fsp3) is 0.111. The maximum Gasteiger partial charge on any atom is 0.250 e. The Labute approximate surface area is 156 Å². The van der Waals surface area contributed by atoms with Crippen LogP contribution in [0.25, 0.3) is 6.08 Å². The van der Waals surface area contributed by atoms with Crippen molar-refractivity contribution >= 4 is 52.5 Å². The highest BCUT2D eigenvalue weighted by Gasteiger charge is 2.04. The first kappa shape index (κ1) is 18.5. The number of thiocarbonyl (C=S) groups is 1. The number of nitrogens with one attached hydrogen (secondary N) is 2. The molecule has 0 saturated heterocycles. The molecule has 0 spiro atoms. The van der Waals surface area contributed by atoms with Crippen LogP contribution in [0.15, 0.2) is 48.5 Å². The van der Waals surface area contributed by atoms with Crippen LogP contribution in [0.2, 0.25) is 10.0 Å². The van der Waals surface area contributed by atoms with Crippen LogP contribution in [0.4, 0.5) is 0 Å². The van der Waals surface area contributed by atoms with Crippen LogP contribution in [-0.4, -0.2) is 11.0 Å². The average Bonchev–Trinajstić information content (AvgIpc) is 2.53. The van der Waals surface area contributed by atoms with Crippen molar-refractivity contribution in [3.05, 3.63) is 75.3 Å². The summed E-state index contributed by atoms with van der Waals surface area (Å²) in [5.74, 6) is -0.296. The number of rotatable bonds is 4. The molecule has 0 aliphatic carbocycles. The van der Waals surface area contributed by atoms with Gasteiger partial charge in [0.1, 0.15) is 0 Å². The molecule has 0 heterocycles. The standard InChI is InChI=1S/C18H16Cl2N2OS/c1-12-2-4-13(5-3-12)6-9-17(23)22-18(24)21-11-14-7-8-15(19)10-16(14)20/h2-10H,11H2,1H3,(H2,21,22,23,24)/b9-6+. The fourth-order valence-corrected chi connectivity index (χ4v) is 2.54. The number of benzene rings is 2. The van der Waals surface area contributed by atoms with Gasteiger partial charge in [0.05, 0.1) is 0 Å². The zero-order valence-corrected chi connectivity index (χ0v) is 15.3. The molecular formula is C18H16Cl2N2OS. The molecule has 24 heavy (non-hydrogen) atoms. The number of aryl methyl sites for hydroxylation is 1. The van der Waals surface area contributed by atoms with E-state index in [2.05, 4.69) is 10.6 Å². The summed E-state index contributed by atoms with van der Waals surface area (Å²) in [7, 11) is 0. The number of halogens is 2. The van der Waals surface area contributed by atoms with Gasteiger partial charge in [-0.3, -0.25) is 10.1 Å². The Balaban J connectivity index is 1.83. The Kier molecular flexibility index (Phi) is 6.79. The Bertz CT molecular complexity index is 773. The summed E-state index contributed by atoms with van der Waals surface area (Å²) in [4.78, 5) is 11.8. The highest BCUT2D eigenvalue weighted by molar-refractivity contribution is 7.80. The Hall–Kier alpha value is -1.88. The van der Waals surface area contributed by atoms with E-state index >= 15 is 0 Å². The molecule has 0 radical (unpaired) electrons. The zero-order valence-electron chi connectivity index (χ0n) is 13.0. The predicted octanol–water partition coefficient (Wildman–Crippen LogP) is 4.51. The molecule has 124 valence electrons. The summed E-state index contributed by atoms with van der Waals surface area (Å²) in [6, 6.07) is 13.1. The van der Waals surface area contributed by atoms with Crippen LogP contribution in [0.5, 0.6) is 0 Å². The van der Waals surface area contributed by atoms with Crippen LogP contribution < -0.4 is 10.6 Å².